The Bertz CT molecular complexity index is 733. The molecule has 0 bridgehead atoms. The highest BCUT2D eigenvalue weighted by Gasteiger charge is 2.35. The summed E-state index contributed by atoms with van der Waals surface area (Å²) in [5.74, 6) is -2.40. The number of carboxylic acids is 1. The van der Waals surface area contributed by atoms with Crippen LogP contribution >= 0.6 is 11.3 Å². The highest BCUT2D eigenvalue weighted by Crippen LogP contribution is 2.32. The van der Waals surface area contributed by atoms with Gasteiger partial charge in [0.1, 0.15) is 0 Å². The highest BCUT2D eigenvalue weighted by molar-refractivity contribution is 7.22. The monoisotopic (exact) mass is 316 g/mol. The van der Waals surface area contributed by atoms with E-state index in [0.29, 0.717) is 18.0 Å². The number of rotatable bonds is 3. The topological polar surface area (TPSA) is 79.3 Å². The lowest BCUT2D eigenvalue weighted by molar-refractivity contribution is -0.146. The van der Waals surface area contributed by atoms with Gasteiger partial charge in [0, 0.05) is 0 Å². The van der Waals surface area contributed by atoms with Crippen molar-refractivity contribution in [1.82, 2.24) is 4.98 Å². The third-order valence-corrected chi connectivity index (χ3v) is 4.88. The van der Waals surface area contributed by atoms with Gasteiger partial charge in [0.15, 0.2) is 5.13 Å². The molecule has 0 saturated carbocycles. The standard InChI is InChI=1S/C16H16N2O3S/c1-9-6-7-10(11(8-9)15(20)21)14(19)18-16-17-12-4-2-3-5-13(12)22-16/h2-6,10-11H,7-8H2,1H3,(H,20,21)(H,17,18,19)/t10-,11-/m1/s1. The van der Waals surface area contributed by atoms with Crippen molar-refractivity contribution < 1.29 is 14.7 Å². The van der Waals surface area contributed by atoms with Crippen LogP contribution in [0.5, 0.6) is 0 Å². The molecule has 6 heteroatoms. The molecular weight excluding hydrogens is 300 g/mol. The smallest absolute Gasteiger partial charge is 0.307 e. The number of thiazole rings is 1. The number of aromatic nitrogens is 1. The summed E-state index contributed by atoms with van der Waals surface area (Å²) in [6.45, 7) is 1.90. The molecule has 0 saturated heterocycles. The zero-order valence-electron chi connectivity index (χ0n) is 12.1. The fourth-order valence-corrected chi connectivity index (χ4v) is 3.61. The van der Waals surface area contributed by atoms with Gasteiger partial charge in [-0.2, -0.15) is 0 Å². The number of nitrogens with one attached hydrogen (secondary N) is 1. The summed E-state index contributed by atoms with van der Waals surface area (Å²) in [4.78, 5) is 28.2. The molecule has 2 atom stereocenters. The molecule has 0 fully saturated rings. The minimum Gasteiger partial charge on any atom is -0.481 e. The van der Waals surface area contributed by atoms with E-state index in [4.69, 9.17) is 0 Å². The third-order valence-electron chi connectivity index (χ3n) is 3.93. The molecule has 22 heavy (non-hydrogen) atoms. The van der Waals surface area contributed by atoms with Crippen molar-refractivity contribution in [3.05, 3.63) is 35.9 Å². The van der Waals surface area contributed by atoms with Crippen LogP contribution in [0.4, 0.5) is 5.13 Å². The van der Waals surface area contributed by atoms with Crippen molar-refractivity contribution in [3.8, 4) is 0 Å². The molecule has 0 spiro atoms. The number of allylic oxidation sites excluding steroid dienone is 2. The first-order chi connectivity index (χ1) is 10.5. The van der Waals surface area contributed by atoms with E-state index >= 15 is 0 Å². The maximum Gasteiger partial charge on any atom is 0.307 e. The van der Waals surface area contributed by atoms with Crippen molar-refractivity contribution in [2.24, 2.45) is 11.8 Å². The minimum atomic E-state index is -0.920. The van der Waals surface area contributed by atoms with Gasteiger partial charge in [0.05, 0.1) is 22.1 Å². The molecule has 3 rings (SSSR count). The summed E-state index contributed by atoms with van der Waals surface area (Å²) in [7, 11) is 0. The minimum absolute atomic E-state index is 0.268. The van der Waals surface area contributed by atoms with Gasteiger partial charge in [0.2, 0.25) is 5.91 Å². The van der Waals surface area contributed by atoms with E-state index < -0.39 is 17.8 Å². The number of amides is 1. The van der Waals surface area contributed by atoms with Crippen molar-refractivity contribution in [3.63, 3.8) is 0 Å². The molecular formula is C16H16N2O3S. The molecule has 1 aromatic heterocycles. The second-order valence-electron chi connectivity index (χ2n) is 5.52. The van der Waals surface area contributed by atoms with Gasteiger partial charge in [-0.3, -0.25) is 9.59 Å². The summed E-state index contributed by atoms with van der Waals surface area (Å²) in [6, 6.07) is 7.63. The van der Waals surface area contributed by atoms with E-state index in [-0.39, 0.29) is 5.91 Å². The zero-order valence-corrected chi connectivity index (χ0v) is 12.9. The lowest BCUT2D eigenvalue weighted by Gasteiger charge is -2.26. The number of carbonyl (C=O) groups is 2. The van der Waals surface area contributed by atoms with Crippen LogP contribution in [0.2, 0.25) is 0 Å². The number of hydrogen-bond acceptors (Lipinski definition) is 4. The van der Waals surface area contributed by atoms with Crippen LogP contribution in [0.1, 0.15) is 19.8 Å². The Balaban J connectivity index is 1.79. The molecule has 0 aliphatic heterocycles. The molecule has 0 unspecified atom stereocenters. The number of para-hydroxylation sites is 1. The molecule has 1 aliphatic carbocycles. The van der Waals surface area contributed by atoms with Crippen LogP contribution in [0, 0.1) is 11.8 Å². The summed E-state index contributed by atoms with van der Waals surface area (Å²) in [5, 5.41) is 12.6. The van der Waals surface area contributed by atoms with E-state index in [0.717, 1.165) is 15.8 Å². The fraction of sp³-hybridized carbons (Fsp3) is 0.312. The second-order valence-corrected chi connectivity index (χ2v) is 6.55. The number of fused-ring (bicyclic) bond motifs is 1. The molecule has 5 nitrogen and oxygen atoms in total. The maximum absolute atomic E-state index is 12.4. The van der Waals surface area contributed by atoms with Crippen molar-refractivity contribution in [1.29, 1.82) is 0 Å². The Kier molecular flexibility index (Phi) is 3.94. The summed E-state index contributed by atoms with van der Waals surface area (Å²) in [6.07, 6.45) is 2.83. The van der Waals surface area contributed by atoms with E-state index in [1.165, 1.54) is 11.3 Å². The Hall–Kier alpha value is -2.21. The lowest BCUT2D eigenvalue weighted by atomic mass is 9.79. The Labute approximate surface area is 131 Å². The number of carboxylic acid groups (broad SMARTS) is 1. The van der Waals surface area contributed by atoms with Crippen LogP contribution in [-0.2, 0) is 9.59 Å². The van der Waals surface area contributed by atoms with E-state index in [1.54, 1.807) is 0 Å². The molecule has 2 aromatic rings. The fourth-order valence-electron chi connectivity index (χ4n) is 2.74. The first kappa shape index (κ1) is 14.7. The Morgan fingerprint density at radius 3 is 2.82 bits per heavy atom. The third kappa shape index (κ3) is 2.87. The molecule has 1 aromatic carbocycles. The lowest BCUT2D eigenvalue weighted by Crippen LogP contribution is -2.35. The number of nitrogens with zero attached hydrogens (tertiary/aromatic N) is 1. The first-order valence-electron chi connectivity index (χ1n) is 7.09. The van der Waals surface area contributed by atoms with Gasteiger partial charge in [-0.25, -0.2) is 4.98 Å². The van der Waals surface area contributed by atoms with Gasteiger partial charge in [0.25, 0.3) is 0 Å². The normalized spacial score (nSPS) is 21.4. The molecule has 2 N–H and O–H groups in total. The van der Waals surface area contributed by atoms with Crippen LogP contribution < -0.4 is 5.32 Å². The SMILES string of the molecule is CC1=CC[C@@H](C(=O)Nc2nc3ccccc3s2)[C@H](C(=O)O)C1. The molecule has 114 valence electrons. The van der Waals surface area contributed by atoms with Gasteiger partial charge in [-0.15, -0.1) is 0 Å². The predicted octanol–water partition coefficient (Wildman–Crippen LogP) is 3.29. The van der Waals surface area contributed by atoms with Gasteiger partial charge < -0.3 is 10.4 Å². The number of anilines is 1. The highest BCUT2D eigenvalue weighted by atomic mass is 32.1. The average molecular weight is 316 g/mol. The molecule has 1 aliphatic rings. The molecule has 1 amide bonds. The van der Waals surface area contributed by atoms with Crippen molar-refractivity contribution in [2.75, 3.05) is 5.32 Å². The first-order valence-corrected chi connectivity index (χ1v) is 7.91. The van der Waals surface area contributed by atoms with Crippen LogP contribution in [-0.4, -0.2) is 22.0 Å². The quantitative estimate of drug-likeness (QED) is 0.852. The second kappa shape index (κ2) is 5.88. The number of benzene rings is 1. The molecule has 0 radical (unpaired) electrons. The largest absolute Gasteiger partial charge is 0.481 e. The average Bonchev–Trinajstić information content (AvgIpc) is 2.89. The van der Waals surface area contributed by atoms with Crippen molar-refractivity contribution >= 4 is 38.6 Å². The van der Waals surface area contributed by atoms with Gasteiger partial charge >= 0.3 is 5.97 Å². The zero-order chi connectivity index (χ0) is 15.7. The predicted molar refractivity (Wildman–Crippen MR) is 85.9 cm³/mol. The summed E-state index contributed by atoms with van der Waals surface area (Å²) < 4.78 is 0.993. The number of carbonyl (C=O) groups excluding carboxylic acids is 1. The summed E-state index contributed by atoms with van der Waals surface area (Å²) in [5.41, 5.74) is 1.86. The molecule has 1 heterocycles. The van der Waals surface area contributed by atoms with Crippen molar-refractivity contribution in [2.45, 2.75) is 19.8 Å². The number of aliphatic carboxylic acids is 1. The van der Waals surface area contributed by atoms with Crippen LogP contribution in [0.15, 0.2) is 35.9 Å². The van der Waals surface area contributed by atoms with E-state index in [2.05, 4.69) is 10.3 Å². The Morgan fingerprint density at radius 2 is 2.09 bits per heavy atom. The summed E-state index contributed by atoms with van der Waals surface area (Å²) >= 11 is 1.39. The van der Waals surface area contributed by atoms with Gasteiger partial charge in [-0.1, -0.05) is 35.1 Å². The van der Waals surface area contributed by atoms with E-state index in [1.807, 2.05) is 37.3 Å². The van der Waals surface area contributed by atoms with Gasteiger partial charge in [-0.05, 0) is 31.9 Å². The van der Waals surface area contributed by atoms with E-state index in [9.17, 15) is 14.7 Å². The maximum atomic E-state index is 12.4. The van der Waals surface area contributed by atoms with Crippen LogP contribution in [0.25, 0.3) is 10.2 Å². The number of hydrogen-bond donors (Lipinski definition) is 2. The van der Waals surface area contributed by atoms with Crippen LogP contribution in [0.3, 0.4) is 0 Å². The Morgan fingerprint density at radius 1 is 1.32 bits per heavy atom.